The zero-order valence-electron chi connectivity index (χ0n) is 15.2. The van der Waals surface area contributed by atoms with Crippen molar-refractivity contribution >= 4 is 17.7 Å². The van der Waals surface area contributed by atoms with E-state index in [9.17, 15) is 4.79 Å². The van der Waals surface area contributed by atoms with Crippen LogP contribution < -0.4 is 10.1 Å². The molecule has 0 spiro atoms. The van der Waals surface area contributed by atoms with Crippen LogP contribution in [-0.4, -0.2) is 27.4 Å². The number of hydrogen-bond donors (Lipinski definition) is 1. The Hall–Kier alpha value is -2.02. The molecule has 26 heavy (non-hydrogen) atoms. The van der Waals surface area contributed by atoms with Gasteiger partial charge in [0.15, 0.2) is 6.61 Å². The SMILES string of the molecule is Cc1cccc(OCc2nnc(SC(C)C(=O)NC3CCCCC3)o2)c1. The summed E-state index contributed by atoms with van der Waals surface area (Å²) < 4.78 is 11.2. The van der Waals surface area contributed by atoms with Gasteiger partial charge in [0.2, 0.25) is 5.91 Å². The molecule has 0 saturated heterocycles. The number of carbonyl (C=O) groups excluding carboxylic acids is 1. The lowest BCUT2D eigenvalue weighted by Crippen LogP contribution is -2.40. The van der Waals surface area contributed by atoms with Crippen LogP contribution in [0.3, 0.4) is 0 Å². The summed E-state index contributed by atoms with van der Waals surface area (Å²) in [4.78, 5) is 12.3. The Morgan fingerprint density at radius 2 is 2.15 bits per heavy atom. The summed E-state index contributed by atoms with van der Waals surface area (Å²) in [7, 11) is 0. The Morgan fingerprint density at radius 1 is 1.35 bits per heavy atom. The maximum Gasteiger partial charge on any atom is 0.277 e. The van der Waals surface area contributed by atoms with Crippen molar-refractivity contribution in [3.63, 3.8) is 0 Å². The molecule has 140 valence electrons. The second-order valence-electron chi connectivity index (χ2n) is 6.67. The summed E-state index contributed by atoms with van der Waals surface area (Å²) in [6.07, 6.45) is 5.81. The average Bonchev–Trinajstić information content (AvgIpc) is 3.08. The van der Waals surface area contributed by atoms with Gasteiger partial charge in [-0.1, -0.05) is 43.2 Å². The maximum atomic E-state index is 12.3. The molecule has 0 bridgehead atoms. The molecule has 1 amide bonds. The monoisotopic (exact) mass is 375 g/mol. The first kappa shape index (κ1) is 18.8. The first-order valence-corrected chi connectivity index (χ1v) is 9.97. The summed E-state index contributed by atoms with van der Waals surface area (Å²) in [5, 5.41) is 11.2. The number of nitrogens with zero attached hydrogens (tertiary/aromatic N) is 2. The number of nitrogens with one attached hydrogen (secondary N) is 1. The lowest BCUT2D eigenvalue weighted by Gasteiger charge is -2.23. The molecule has 1 aromatic carbocycles. The van der Waals surface area contributed by atoms with Crippen molar-refractivity contribution in [1.82, 2.24) is 15.5 Å². The molecule has 1 atom stereocenters. The summed E-state index contributed by atoms with van der Waals surface area (Å²) >= 11 is 1.28. The van der Waals surface area contributed by atoms with E-state index in [4.69, 9.17) is 9.15 Å². The largest absolute Gasteiger partial charge is 0.484 e. The summed E-state index contributed by atoms with van der Waals surface area (Å²) in [6, 6.07) is 8.08. The molecule has 1 unspecified atom stereocenters. The number of ether oxygens (including phenoxy) is 1. The zero-order valence-corrected chi connectivity index (χ0v) is 16.1. The topological polar surface area (TPSA) is 77.2 Å². The molecule has 0 aliphatic heterocycles. The number of carbonyl (C=O) groups is 1. The van der Waals surface area contributed by atoms with Gasteiger partial charge in [0, 0.05) is 6.04 Å². The number of rotatable bonds is 7. The fourth-order valence-electron chi connectivity index (χ4n) is 2.96. The number of thioether (sulfide) groups is 1. The first-order valence-electron chi connectivity index (χ1n) is 9.09. The molecular formula is C19H25N3O3S. The molecule has 7 heteroatoms. The molecule has 1 aliphatic carbocycles. The van der Waals surface area contributed by atoms with Crippen LogP contribution in [0.2, 0.25) is 0 Å². The normalized spacial score (nSPS) is 16.2. The van der Waals surface area contributed by atoms with Crippen LogP contribution in [0.5, 0.6) is 5.75 Å². The predicted octanol–water partition coefficient (Wildman–Crippen LogP) is 3.89. The van der Waals surface area contributed by atoms with E-state index in [1.54, 1.807) is 0 Å². The molecule has 0 radical (unpaired) electrons. The fraction of sp³-hybridized carbons (Fsp3) is 0.526. The minimum atomic E-state index is -0.275. The van der Waals surface area contributed by atoms with Gasteiger partial charge in [0.1, 0.15) is 5.75 Å². The molecule has 1 N–H and O–H groups in total. The first-order chi connectivity index (χ1) is 12.6. The molecule has 2 aromatic rings. The van der Waals surface area contributed by atoms with Gasteiger partial charge in [-0.3, -0.25) is 4.79 Å². The highest BCUT2D eigenvalue weighted by Crippen LogP contribution is 2.24. The van der Waals surface area contributed by atoms with Gasteiger partial charge in [-0.2, -0.15) is 0 Å². The quantitative estimate of drug-likeness (QED) is 0.740. The van der Waals surface area contributed by atoms with Crippen molar-refractivity contribution in [2.45, 2.75) is 69.1 Å². The van der Waals surface area contributed by atoms with E-state index in [0.717, 1.165) is 24.2 Å². The van der Waals surface area contributed by atoms with Crippen molar-refractivity contribution in [1.29, 1.82) is 0 Å². The van der Waals surface area contributed by atoms with E-state index in [0.29, 0.717) is 17.2 Å². The van der Waals surface area contributed by atoms with E-state index < -0.39 is 0 Å². The van der Waals surface area contributed by atoms with Crippen LogP contribution in [-0.2, 0) is 11.4 Å². The van der Waals surface area contributed by atoms with Crippen molar-refractivity contribution in [3.8, 4) is 5.75 Å². The van der Waals surface area contributed by atoms with Gasteiger partial charge in [0.05, 0.1) is 5.25 Å². The second kappa shape index (κ2) is 9.07. The van der Waals surface area contributed by atoms with Gasteiger partial charge in [-0.25, -0.2) is 0 Å². The van der Waals surface area contributed by atoms with Gasteiger partial charge in [-0.15, -0.1) is 10.2 Å². The molecule has 1 heterocycles. The predicted molar refractivity (Wildman–Crippen MR) is 100 cm³/mol. The van der Waals surface area contributed by atoms with Gasteiger partial charge in [-0.05, 0) is 44.4 Å². The highest BCUT2D eigenvalue weighted by atomic mass is 32.2. The minimum absolute atomic E-state index is 0.0256. The van der Waals surface area contributed by atoms with Crippen LogP contribution in [0, 0.1) is 6.92 Å². The van der Waals surface area contributed by atoms with E-state index in [-0.39, 0.29) is 17.8 Å². The Bertz CT molecular complexity index is 728. The maximum absolute atomic E-state index is 12.3. The summed E-state index contributed by atoms with van der Waals surface area (Å²) in [6.45, 7) is 4.07. The molecular weight excluding hydrogens is 350 g/mol. The Morgan fingerprint density at radius 3 is 2.92 bits per heavy atom. The van der Waals surface area contributed by atoms with Gasteiger partial charge < -0.3 is 14.5 Å². The Balaban J connectivity index is 1.47. The molecule has 1 aromatic heterocycles. The zero-order chi connectivity index (χ0) is 18.4. The molecule has 1 saturated carbocycles. The highest BCUT2D eigenvalue weighted by Gasteiger charge is 2.22. The molecule has 1 fully saturated rings. The van der Waals surface area contributed by atoms with Crippen molar-refractivity contribution in [3.05, 3.63) is 35.7 Å². The number of benzene rings is 1. The number of aromatic nitrogens is 2. The fourth-order valence-corrected chi connectivity index (χ4v) is 3.67. The molecule has 3 rings (SSSR count). The standard InChI is InChI=1S/C19H25N3O3S/c1-13-7-6-10-16(11-13)24-12-17-21-22-19(25-17)26-14(2)18(23)20-15-8-4-3-5-9-15/h6-7,10-11,14-15H,3-5,8-9,12H2,1-2H3,(H,20,23). The Labute approximate surface area is 158 Å². The third-order valence-corrected chi connectivity index (χ3v) is 5.33. The van der Waals surface area contributed by atoms with Crippen molar-refractivity contribution < 1.29 is 13.9 Å². The van der Waals surface area contributed by atoms with Crippen LogP contribution in [0.1, 0.15) is 50.5 Å². The van der Waals surface area contributed by atoms with Gasteiger partial charge in [0.25, 0.3) is 11.1 Å². The lowest BCUT2D eigenvalue weighted by atomic mass is 9.95. The van der Waals surface area contributed by atoms with E-state index in [1.807, 2.05) is 38.1 Å². The minimum Gasteiger partial charge on any atom is -0.484 e. The molecule has 1 aliphatic rings. The van der Waals surface area contributed by atoms with Gasteiger partial charge >= 0.3 is 0 Å². The summed E-state index contributed by atoms with van der Waals surface area (Å²) in [5.74, 6) is 1.18. The molecule has 6 nitrogen and oxygen atoms in total. The Kier molecular flexibility index (Phi) is 6.55. The number of aryl methyl sites for hydroxylation is 1. The second-order valence-corrected chi connectivity index (χ2v) is 7.96. The average molecular weight is 375 g/mol. The number of amides is 1. The third kappa shape index (κ3) is 5.49. The van der Waals surface area contributed by atoms with Crippen molar-refractivity contribution in [2.75, 3.05) is 0 Å². The number of hydrogen-bond acceptors (Lipinski definition) is 6. The van der Waals surface area contributed by atoms with Crippen molar-refractivity contribution in [2.24, 2.45) is 0 Å². The highest BCUT2D eigenvalue weighted by molar-refractivity contribution is 8.00. The van der Waals surface area contributed by atoms with Crippen LogP contribution in [0.4, 0.5) is 0 Å². The lowest BCUT2D eigenvalue weighted by molar-refractivity contribution is -0.121. The van der Waals surface area contributed by atoms with Crippen LogP contribution in [0.25, 0.3) is 0 Å². The van der Waals surface area contributed by atoms with E-state index in [1.165, 1.54) is 31.0 Å². The van der Waals surface area contributed by atoms with E-state index in [2.05, 4.69) is 15.5 Å². The van der Waals surface area contributed by atoms with E-state index >= 15 is 0 Å². The smallest absolute Gasteiger partial charge is 0.277 e. The van der Waals surface area contributed by atoms with Crippen LogP contribution in [0.15, 0.2) is 33.9 Å². The summed E-state index contributed by atoms with van der Waals surface area (Å²) in [5.41, 5.74) is 1.13. The van der Waals surface area contributed by atoms with Crippen LogP contribution >= 0.6 is 11.8 Å². The third-order valence-electron chi connectivity index (χ3n) is 4.40.